The van der Waals surface area contributed by atoms with Crippen molar-refractivity contribution in [1.29, 1.82) is 0 Å². The van der Waals surface area contributed by atoms with Gasteiger partial charge in [0.25, 0.3) is 11.4 Å². The van der Waals surface area contributed by atoms with Crippen LogP contribution in [0.1, 0.15) is 42.0 Å². The number of aryl methyl sites for hydroxylation is 1. The van der Waals surface area contributed by atoms with E-state index in [9.17, 15) is 25.0 Å². The second-order valence-corrected chi connectivity index (χ2v) is 9.58. The molecule has 1 aliphatic carbocycles. The van der Waals surface area contributed by atoms with Crippen molar-refractivity contribution < 1.29 is 14.6 Å². The number of benzene rings is 2. The maximum absolute atomic E-state index is 13.4. The highest BCUT2D eigenvalue weighted by atomic mass is 35.5. The number of likely N-dealkylation sites (tertiary alicyclic amines) is 1. The van der Waals surface area contributed by atoms with Gasteiger partial charge in [0.2, 0.25) is 5.91 Å². The van der Waals surface area contributed by atoms with Gasteiger partial charge in [0.1, 0.15) is 0 Å². The predicted molar refractivity (Wildman–Crippen MR) is 128 cm³/mol. The Morgan fingerprint density at radius 3 is 2.41 bits per heavy atom. The fourth-order valence-electron chi connectivity index (χ4n) is 5.12. The van der Waals surface area contributed by atoms with Gasteiger partial charge in [0.15, 0.2) is 0 Å². The molecule has 34 heavy (non-hydrogen) atoms. The van der Waals surface area contributed by atoms with Crippen LogP contribution in [0.4, 0.5) is 11.4 Å². The van der Waals surface area contributed by atoms with E-state index in [1.165, 1.54) is 12.1 Å². The molecule has 1 fully saturated rings. The number of carbonyl (C=O) groups excluding carboxylic acids is 1. The number of nitrogens with zero attached hydrogens (tertiary/aromatic N) is 4. The van der Waals surface area contributed by atoms with Crippen molar-refractivity contribution in [3.05, 3.63) is 77.3 Å². The molecule has 0 bridgehead atoms. The lowest BCUT2D eigenvalue weighted by molar-refractivity contribution is -0.385. The Hall–Kier alpha value is -2.75. The minimum Gasteiger partial charge on any atom is -0.337 e. The van der Waals surface area contributed by atoms with Crippen LogP contribution >= 0.6 is 23.2 Å². The summed E-state index contributed by atoms with van der Waals surface area (Å²) in [5.41, 5.74) is 1.62. The van der Waals surface area contributed by atoms with E-state index in [1.807, 2.05) is 0 Å². The summed E-state index contributed by atoms with van der Waals surface area (Å²) in [5, 5.41) is 23.2. The molecule has 1 amide bonds. The molecule has 11 heteroatoms. The Kier molecular flexibility index (Phi) is 7.06. The minimum atomic E-state index is -0.586. The van der Waals surface area contributed by atoms with Gasteiger partial charge in [-0.05, 0) is 56.0 Å². The quantitative estimate of drug-likeness (QED) is 0.404. The van der Waals surface area contributed by atoms with Crippen LogP contribution in [0.15, 0.2) is 30.3 Å². The zero-order valence-electron chi connectivity index (χ0n) is 18.6. The fourth-order valence-corrected chi connectivity index (χ4v) is 5.47. The summed E-state index contributed by atoms with van der Waals surface area (Å²) in [6, 6.07) is 6.93. The summed E-state index contributed by atoms with van der Waals surface area (Å²) in [6.07, 6.45) is 3.48. The van der Waals surface area contributed by atoms with Crippen LogP contribution in [0.25, 0.3) is 0 Å². The van der Waals surface area contributed by atoms with Gasteiger partial charge in [-0.2, -0.15) is 0 Å². The number of non-ortho nitro benzene ring substituents is 1. The lowest BCUT2D eigenvalue weighted by Gasteiger charge is -2.43. The molecule has 2 aromatic rings. The zero-order valence-corrected chi connectivity index (χ0v) is 20.1. The Bertz CT molecular complexity index is 1150. The van der Waals surface area contributed by atoms with E-state index in [0.29, 0.717) is 0 Å². The molecular weight excluding hydrogens is 483 g/mol. The average Bonchev–Trinajstić information content (AvgIpc) is 3.34. The molecule has 1 heterocycles. The molecule has 0 N–H and O–H groups in total. The first-order chi connectivity index (χ1) is 16.2. The van der Waals surface area contributed by atoms with Crippen LogP contribution in [0, 0.1) is 20.2 Å². The van der Waals surface area contributed by atoms with Crippen LogP contribution in [0.3, 0.4) is 0 Å². The van der Waals surface area contributed by atoms with Crippen molar-refractivity contribution in [3.8, 4) is 0 Å². The van der Waals surface area contributed by atoms with Crippen molar-refractivity contribution in [2.24, 2.45) is 0 Å². The summed E-state index contributed by atoms with van der Waals surface area (Å²) in [6.45, 7) is 1.82. The highest BCUT2D eigenvalue weighted by Crippen LogP contribution is 2.40. The summed E-state index contributed by atoms with van der Waals surface area (Å²) in [7, 11) is 1.66. The van der Waals surface area contributed by atoms with E-state index in [-0.39, 0.29) is 45.4 Å². The third-order valence-electron chi connectivity index (χ3n) is 6.81. The Balaban J connectivity index is 1.71. The highest BCUT2D eigenvalue weighted by Gasteiger charge is 2.39. The number of fused-ring (bicyclic) bond motifs is 1. The molecule has 0 spiro atoms. The van der Waals surface area contributed by atoms with Crippen molar-refractivity contribution in [1.82, 2.24) is 9.80 Å². The second kappa shape index (κ2) is 9.85. The molecule has 0 unspecified atom stereocenters. The molecule has 0 saturated carbocycles. The average molecular weight is 507 g/mol. The van der Waals surface area contributed by atoms with E-state index in [0.717, 1.165) is 56.0 Å². The smallest absolute Gasteiger partial charge is 0.274 e. The minimum absolute atomic E-state index is 0.00902. The van der Waals surface area contributed by atoms with Gasteiger partial charge in [-0.15, -0.1) is 0 Å². The second-order valence-electron chi connectivity index (χ2n) is 8.77. The van der Waals surface area contributed by atoms with Gasteiger partial charge in [-0.3, -0.25) is 29.9 Å². The van der Waals surface area contributed by atoms with Crippen molar-refractivity contribution in [3.63, 3.8) is 0 Å². The molecule has 4 rings (SSSR count). The number of amides is 1. The first-order valence-electron chi connectivity index (χ1n) is 11.1. The van der Waals surface area contributed by atoms with Crippen LogP contribution < -0.4 is 0 Å². The maximum atomic E-state index is 13.4. The van der Waals surface area contributed by atoms with Gasteiger partial charge in [0.05, 0.1) is 32.4 Å². The van der Waals surface area contributed by atoms with Crippen molar-refractivity contribution >= 4 is 40.5 Å². The number of carbonyl (C=O) groups is 1. The van der Waals surface area contributed by atoms with E-state index >= 15 is 0 Å². The Labute approximate surface area is 206 Å². The molecule has 180 valence electrons. The lowest BCUT2D eigenvalue weighted by atomic mass is 9.82. The van der Waals surface area contributed by atoms with Gasteiger partial charge >= 0.3 is 0 Å². The van der Waals surface area contributed by atoms with Gasteiger partial charge in [0, 0.05) is 36.9 Å². The monoisotopic (exact) mass is 506 g/mol. The first-order valence-corrected chi connectivity index (χ1v) is 11.8. The van der Waals surface area contributed by atoms with Crippen molar-refractivity contribution in [2.45, 2.75) is 44.2 Å². The third-order valence-corrected chi connectivity index (χ3v) is 7.54. The van der Waals surface area contributed by atoms with Crippen LogP contribution in [0.5, 0.6) is 0 Å². The molecule has 2 atom stereocenters. The molecule has 0 radical (unpaired) electrons. The van der Waals surface area contributed by atoms with Crippen LogP contribution in [-0.4, -0.2) is 51.7 Å². The number of nitro groups is 2. The summed E-state index contributed by atoms with van der Waals surface area (Å²) < 4.78 is 0. The number of hydrogen-bond acceptors (Lipinski definition) is 6. The summed E-state index contributed by atoms with van der Waals surface area (Å²) in [4.78, 5) is 39.4. The first kappa shape index (κ1) is 24.4. The van der Waals surface area contributed by atoms with E-state index < -0.39 is 15.9 Å². The molecular formula is C23H24Cl2N4O5. The Morgan fingerprint density at radius 1 is 1.09 bits per heavy atom. The normalized spacial score (nSPS) is 20.1. The molecule has 1 aliphatic heterocycles. The molecule has 2 aromatic carbocycles. The molecule has 2 aliphatic rings. The van der Waals surface area contributed by atoms with E-state index in [4.69, 9.17) is 23.2 Å². The van der Waals surface area contributed by atoms with Gasteiger partial charge < -0.3 is 4.90 Å². The molecule has 1 saturated heterocycles. The fraction of sp³-hybridized carbons (Fsp3) is 0.435. The summed E-state index contributed by atoms with van der Waals surface area (Å²) >= 11 is 12.0. The highest BCUT2D eigenvalue weighted by molar-refractivity contribution is 6.42. The SMILES string of the molecule is CN(C(=O)Cc1cc(Cl)c(Cl)cc1[N+](=O)[O-])[C@@H]1c2cc([N+](=O)[O-])ccc2CC[C@H]1N1CCCC1. The largest absolute Gasteiger partial charge is 0.337 e. The predicted octanol–water partition coefficient (Wildman–Crippen LogP) is 4.96. The van der Waals surface area contributed by atoms with Gasteiger partial charge in [-0.25, -0.2) is 0 Å². The number of hydrogen-bond donors (Lipinski definition) is 0. The number of rotatable bonds is 6. The standard InChI is InChI=1S/C23H24Cl2N4O5/c1-26(22(30)11-15-10-18(24)19(25)13-21(15)29(33)34)23-17-12-16(28(31)32)6-4-14(17)5-7-20(23)27-8-2-3-9-27/h4,6,10,12-13,20,23H,2-3,5,7-9,11H2,1H3/t20-,23-/m1/s1. The molecule has 0 aromatic heterocycles. The molecule has 9 nitrogen and oxygen atoms in total. The maximum Gasteiger partial charge on any atom is 0.274 e. The zero-order chi connectivity index (χ0) is 24.6. The number of likely N-dealkylation sites (N-methyl/N-ethyl adjacent to an activating group) is 1. The number of halogens is 2. The van der Waals surface area contributed by atoms with E-state index in [1.54, 1.807) is 24.1 Å². The third kappa shape index (κ3) is 4.73. The lowest BCUT2D eigenvalue weighted by Crippen LogP contribution is -2.48. The topological polar surface area (TPSA) is 110 Å². The number of nitro benzene ring substituents is 2. The van der Waals surface area contributed by atoms with E-state index in [2.05, 4.69) is 4.90 Å². The summed E-state index contributed by atoms with van der Waals surface area (Å²) in [5.74, 6) is -0.338. The van der Waals surface area contributed by atoms with Gasteiger partial charge in [-0.1, -0.05) is 29.3 Å². The Morgan fingerprint density at radius 2 is 1.76 bits per heavy atom. The van der Waals surface area contributed by atoms with Crippen LogP contribution in [0.2, 0.25) is 10.0 Å². The van der Waals surface area contributed by atoms with Crippen molar-refractivity contribution in [2.75, 3.05) is 20.1 Å². The van der Waals surface area contributed by atoms with Crippen LogP contribution in [-0.2, 0) is 17.6 Å².